The molecular weight excluding hydrogens is 413 g/mol. The molecule has 1 heterocycles. The third-order valence-corrected chi connectivity index (χ3v) is 7.72. The number of carbonyl (C=O) groups is 1. The molecule has 1 N–H and O–H groups in total. The molecule has 10 heteroatoms. The number of methoxy groups -OCH3 is 1. The Morgan fingerprint density at radius 1 is 1.27 bits per heavy atom. The summed E-state index contributed by atoms with van der Waals surface area (Å²) in [6.07, 6.45) is 8.56. The zero-order chi connectivity index (χ0) is 21.6. The van der Waals surface area contributed by atoms with Gasteiger partial charge in [0.1, 0.15) is 5.82 Å². The molecule has 0 amide bonds. The number of halogens is 1. The SMILES string of the molecule is COC(=O)[C@@]1(COC2CCC3(c4ncc(F)cn4)CC3C2)CC[C@H](NS(C)(=O)=O)C1. The molecule has 0 bridgehead atoms. The van der Waals surface area contributed by atoms with Crippen LogP contribution >= 0.6 is 0 Å². The van der Waals surface area contributed by atoms with Gasteiger partial charge in [0.15, 0.2) is 5.82 Å². The van der Waals surface area contributed by atoms with E-state index in [0.29, 0.717) is 31.0 Å². The Hall–Kier alpha value is -1.65. The molecule has 1 aromatic heterocycles. The predicted molar refractivity (Wildman–Crippen MR) is 105 cm³/mol. The van der Waals surface area contributed by atoms with E-state index in [2.05, 4.69) is 14.7 Å². The van der Waals surface area contributed by atoms with Crippen molar-refractivity contribution < 1.29 is 27.1 Å². The molecule has 8 nitrogen and oxygen atoms in total. The van der Waals surface area contributed by atoms with E-state index in [9.17, 15) is 17.6 Å². The van der Waals surface area contributed by atoms with E-state index in [-0.39, 0.29) is 30.1 Å². The number of ether oxygens (including phenoxy) is 2. The van der Waals surface area contributed by atoms with Crippen LogP contribution in [0.4, 0.5) is 4.39 Å². The molecule has 5 atom stereocenters. The van der Waals surface area contributed by atoms with Crippen LogP contribution in [0, 0.1) is 17.2 Å². The third-order valence-electron chi connectivity index (χ3n) is 6.96. The first-order chi connectivity index (χ1) is 14.2. The minimum absolute atomic E-state index is 0.0227. The normalized spacial score (nSPS) is 35.6. The van der Waals surface area contributed by atoms with E-state index < -0.39 is 21.3 Å². The van der Waals surface area contributed by atoms with Crippen LogP contribution in [0.25, 0.3) is 0 Å². The zero-order valence-electron chi connectivity index (χ0n) is 17.3. The first kappa shape index (κ1) is 21.6. The summed E-state index contributed by atoms with van der Waals surface area (Å²) >= 11 is 0. The number of carbonyl (C=O) groups excluding carboxylic acids is 1. The number of aromatic nitrogens is 2. The number of rotatable bonds is 7. The Bertz CT molecular complexity index is 912. The summed E-state index contributed by atoms with van der Waals surface area (Å²) in [6, 6.07) is -0.291. The molecular formula is C20H28FN3O5S. The van der Waals surface area contributed by atoms with Crippen LogP contribution in [0.15, 0.2) is 12.4 Å². The fraction of sp³-hybridized carbons (Fsp3) is 0.750. The summed E-state index contributed by atoms with van der Waals surface area (Å²) in [7, 11) is -1.99. The number of hydrogen-bond donors (Lipinski definition) is 1. The van der Waals surface area contributed by atoms with E-state index in [4.69, 9.17) is 9.47 Å². The zero-order valence-corrected chi connectivity index (χ0v) is 18.1. The quantitative estimate of drug-likeness (QED) is 0.642. The number of hydrogen-bond acceptors (Lipinski definition) is 7. The van der Waals surface area contributed by atoms with E-state index in [1.165, 1.54) is 19.5 Å². The topological polar surface area (TPSA) is 107 Å². The molecule has 3 fully saturated rings. The van der Waals surface area contributed by atoms with Gasteiger partial charge >= 0.3 is 5.97 Å². The van der Waals surface area contributed by atoms with Gasteiger partial charge in [-0.25, -0.2) is 27.5 Å². The van der Waals surface area contributed by atoms with Gasteiger partial charge in [0.2, 0.25) is 10.0 Å². The van der Waals surface area contributed by atoms with Crippen molar-refractivity contribution in [3.63, 3.8) is 0 Å². The molecule has 0 radical (unpaired) electrons. The first-order valence-electron chi connectivity index (χ1n) is 10.3. The van der Waals surface area contributed by atoms with Crippen molar-refractivity contribution in [1.82, 2.24) is 14.7 Å². The van der Waals surface area contributed by atoms with Gasteiger partial charge in [0.25, 0.3) is 0 Å². The minimum atomic E-state index is -3.34. The highest BCUT2D eigenvalue weighted by Crippen LogP contribution is 2.61. The van der Waals surface area contributed by atoms with Gasteiger partial charge in [-0.1, -0.05) is 0 Å². The Balaban J connectivity index is 1.36. The van der Waals surface area contributed by atoms with Crippen molar-refractivity contribution in [2.75, 3.05) is 20.0 Å². The molecule has 0 spiro atoms. The van der Waals surface area contributed by atoms with E-state index in [1.807, 2.05) is 0 Å². The third kappa shape index (κ3) is 4.22. The molecule has 3 saturated carbocycles. The second-order valence-electron chi connectivity index (χ2n) is 9.09. The van der Waals surface area contributed by atoms with Crippen molar-refractivity contribution >= 4 is 16.0 Å². The van der Waals surface area contributed by atoms with E-state index in [0.717, 1.165) is 31.9 Å². The largest absolute Gasteiger partial charge is 0.469 e. The summed E-state index contributed by atoms with van der Waals surface area (Å²) in [5.74, 6) is 0.331. The van der Waals surface area contributed by atoms with E-state index in [1.54, 1.807) is 0 Å². The van der Waals surface area contributed by atoms with Crippen LogP contribution in [0.2, 0.25) is 0 Å². The van der Waals surface area contributed by atoms with Gasteiger partial charge in [0.05, 0.1) is 43.9 Å². The first-order valence-corrected chi connectivity index (χ1v) is 12.2. The predicted octanol–water partition coefficient (Wildman–Crippen LogP) is 1.70. The maximum atomic E-state index is 13.1. The molecule has 3 aliphatic carbocycles. The number of nitrogens with zero attached hydrogens (tertiary/aromatic N) is 2. The Morgan fingerprint density at radius 2 is 2.00 bits per heavy atom. The average Bonchev–Trinajstić information content (AvgIpc) is 3.30. The van der Waals surface area contributed by atoms with Crippen molar-refractivity contribution in [3.8, 4) is 0 Å². The Labute approximate surface area is 176 Å². The van der Waals surface area contributed by atoms with Gasteiger partial charge in [-0.2, -0.15) is 0 Å². The van der Waals surface area contributed by atoms with Crippen LogP contribution in [0.1, 0.15) is 50.8 Å². The second kappa shape index (κ2) is 7.80. The Morgan fingerprint density at radius 3 is 2.63 bits per heavy atom. The molecule has 166 valence electrons. The summed E-state index contributed by atoms with van der Waals surface area (Å²) < 4.78 is 50.1. The van der Waals surface area contributed by atoms with E-state index >= 15 is 0 Å². The summed E-state index contributed by atoms with van der Waals surface area (Å²) in [5.41, 5.74) is -0.888. The average molecular weight is 442 g/mol. The van der Waals surface area contributed by atoms with Gasteiger partial charge in [-0.05, 0) is 50.9 Å². The summed E-state index contributed by atoms with van der Waals surface area (Å²) in [6.45, 7) is 0.221. The smallest absolute Gasteiger partial charge is 0.314 e. The number of esters is 1. The standard InChI is InChI=1S/C20H28FN3O5S/c1-28-18(25)19(5-3-15(9-19)24-30(2,26)27)12-29-16-4-6-20(8-13(20)7-16)17-22-10-14(21)11-23-17/h10-11,13,15-16,24H,3-9,12H2,1-2H3/t13?,15-,16?,19-,20?/m0/s1. The molecule has 3 aliphatic rings. The van der Waals surface area contributed by atoms with Crippen LogP contribution in [-0.2, 0) is 29.7 Å². The lowest BCUT2D eigenvalue weighted by Gasteiger charge is -2.32. The highest BCUT2D eigenvalue weighted by atomic mass is 32.2. The fourth-order valence-electron chi connectivity index (χ4n) is 5.35. The van der Waals surface area contributed by atoms with Crippen molar-refractivity contribution in [2.45, 2.75) is 62.5 Å². The van der Waals surface area contributed by atoms with Crippen LogP contribution in [0.5, 0.6) is 0 Å². The fourth-order valence-corrected chi connectivity index (χ4v) is 6.16. The maximum Gasteiger partial charge on any atom is 0.314 e. The van der Waals surface area contributed by atoms with Crippen molar-refractivity contribution in [1.29, 1.82) is 0 Å². The minimum Gasteiger partial charge on any atom is -0.469 e. The maximum absolute atomic E-state index is 13.1. The summed E-state index contributed by atoms with van der Waals surface area (Å²) in [5, 5.41) is 0. The second-order valence-corrected chi connectivity index (χ2v) is 10.9. The van der Waals surface area contributed by atoms with Gasteiger partial charge in [-0.3, -0.25) is 4.79 Å². The van der Waals surface area contributed by atoms with Crippen LogP contribution in [-0.4, -0.2) is 56.5 Å². The Kier molecular flexibility index (Phi) is 5.61. The lowest BCUT2D eigenvalue weighted by molar-refractivity contribution is -0.158. The monoisotopic (exact) mass is 441 g/mol. The number of fused-ring (bicyclic) bond motifs is 1. The highest BCUT2D eigenvalue weighted by molar-refractivity contribution is 7.88. The lowest BCUT2D eigenvalue weighted by Crippen LogP contribution is -2.40. The highest BCUT2D eigenvalue weighted by Gasteiger charge is 2.60. The molecule has 0 saturated heterocycles. The van der Waals surface area contributed by atoms with Gasteiger partial charge < -0.3 is 9.47 Å². The molecule has 4 rings (SSSR count). The summed E-state index contributed by atoms with van der Waals surface area (Å²) in [4.78, 5) is 20.9. The molecule has 30 heavy (non-hydrogen) atoms. The molecule has 3 unspecified atom stereocenters. The van der Waals surface area contributed by atoms with Gasteiger partial charge in [-0.15, -0.1) is 0 Å². The molecule has 0 aromatic carbocycles. The van der Waals surface area contributed by atoms with Crippen molar-refractivity contribution in [2.24, 2.45) is 11.3 Å². The molecule has 0 aliphatic heterocycles. The lowest BCUT2D eigenvalue weighted by atomic mass is 9.84. The number of sulfonamides is 1. The van der Waals surface area contributed by atoms with Gasteiger partial charge in [0, 0.05) is 11.5 Å². The van der Waals surface area contributed by atoms with Crippen LogP contribution < -0.4 is 4.72 Å². The molecule has 1 aromatic rings. The van der Waals surface area contributed by atoms with Crippen LogP contribution in [0.3, 0.4) is 0 Å². The number of nitrogens with one attached hydrogen (secondary N) is 1. The van der Waals surface area contributed by atoms with Crippen molar-refractivity contribution in [3.05, 3.63) is 24.0 Å².